The molecule has 0 spiro atoms. The van der Waals surface area contributed by atoms with Crippen molar-refractivity contribution in [1.82, 2.24) is 9.80 Å². The van der Waals surface area contributed by atoms with Crippen LogP contribution in [0.3, 0.4) is 0 Å². The predicted octanol–water partition coefficient (Wildman–Crippen LogP) is 5.53. The van der Waals surface area contributed by atoms with E-state index in [1.165, 1.54) is 0 Å². The molecule has 16 heteroatoms. The first-order valence-corrected chi connectivity index (χ1v) is 12.8. The molecule has 43 heavy (non-hydrogen) atoms. The van der Waals surface area contributed by atoms with Crippen molar-refractivity contribution in [2.24, 2.45) is 5.92 Å². The monoisotopic (exact) mass is 616 g/mol. The molecule has 2 aromatic rings. The number of benzene rings is 2. The summed E-state index contributed by atoms with van der Waals surface area (Å²) in [5.74, 6) is -5.19. The highest BCUT2D eigenvalue weighted by Gasteiger charge is 2.84. The van der Waals surface area contributed by atoms with Gasteiger partial charge in [-0.25, -0.2) is 19.3 Å². The van der Waals surface area contributed by atoms with Gasteiger partial charge in [0, 0.05) is 12.2 Å². The van der Waals surface area contributed by atoms with E-state index in [0.29, 0.717) is 18.5 Å². The number of hydrogen-bond acceptors (Lipinski definition) is 5. The lowest BCUT2D eigenvalue weighted by Gasteiger charge is -2.37. The van der Waals surface area contributed by atoms with Crippen molar-refractivity contribution >= 4 is 35.3 Å². The van der Waals surface area contributed by atoms with Crippen molar-refractivity contribution in [1.29, 1.82) is 0 Å². The Morgan fingerprint density at radius 1 is 1.02 bits per heavy atom. The van der Waals surface area contributed by atoms with Crippen LogP contribution in [0.15, 0.2) is 42.5 Å². The molecular formula is C27H26F6N4O6. The van der Waals surface area contributed by atoms with Crippen LogP contribution in [-0.2, 0) is 16.1 Å². The second kappa shape index (κ2) is 11.3. The Morgan fingerprint density at radius 3 is 2.16 bits per heavy atom. The molecule has 1 saturated carbocycles. The van der Waals surface area contributed by atoms with Crippen LogP contribution < -0.4 is 15.4 Å². The van der Waals surface area contributed by atoms with Crippen molar-refractivity contribution in [3.05, 3.63) is 53.6 Å². The van der Waals surface area contributed by atoms with Gasteiger partial charge in [0.05, 0.1) is 12.8 Å². The molecule has 1 heterocycles. The van der Waals surface area contributed by atoms with Gasteiger partial charge in [0.15, 0.2) is 0 Å². The van der Waals surface area contributed by atoms with E-state index < -0.39 is 70.6 Å². The molecule has 2 aliphatic rings. The lowest BCUT2D eigenvalue weighted by Crippen LogP contribution is -2.69. The number of nitrogens with zero attached hydrogens (tertiary/aromatic N) is 2. The smallest absolute Gasteiger partial charge is 0.430 e. The van der Waals surface area contributed by atoms with Crippen LogP contribution in [0.1, 0.15) is 30.4 Å². The maximum absolute atomic E-state index is 14.4. The Hall–Kier alpha value is -4.50. The minimum atomic E-state index is -6.37. The number of amides is 5. The van der Waals surface area contributed by atoms with E-state index in [4.69, 9.17) is 4.74 Å². The van der Waals surface area contributed by atoms with Gasteiger partial charge in [-0.05, 0) is 48.6 Å². The Kier molecular flexibility index (Phi) is 8.26. The lowest BCUT2D eigenvalue weighted by molar-refractivity contribution is -0.315. The summed E-state index contributed by atoms with van der Waals surface area (Å²) >= 11 is 0. The van der Waals surface area contributed by atoms with Crippen molar-refractivity contribution in [3.63, 3.8) is 0 Å². The SMILES string of the molecule is COc1cc(CN2C(=O)N(C(CC3CC3)C(=O)O)C(=O)C2(C(F)(F)F)C(F)(F)F)ccc1NC(=O)Nc1ccccc1C. The predicted molar refractivity (Wildman–Crippen MR) is 138 cm³/mol. The largest absolute Gasteiger partial charge is 0.495 e. The van der Waals surface area contributed by atoms with Crippen molar-refractivity contribution < 1.29 is 55.4 Å². The molecule has 0 aromatic heterocycles. The van der Waals surface area contributed by atoms with Crippen molar-refractivity contribution in [2.45, 2.75) is 56.7 Å². The Bertz CT molecular complexity index is 1430. The molecule has 1 aliphatic carbocycles. The summed E-state index contributed by atoms with van der Waals surface area (Å²) in [7, 11) is 1.13. The topological polar surface area (TPSA) is 128 Å². The summed E-state index contributed by atoms with van der Waals surface area (Å²) in [6.45, 7) is 0.338. The zero-order valence-corrected chi connectivity index (χ0v) is 22.7. The molecule has 5 amide bonds. The number of hydrogen-bond donors (Lipinski definition) is 3. The van der Waals surface area contributed by atoms with Crippen LogP contribution in [0.4, 0.5) is 47.3 Å². The molecule has 0 radical (unpaired) electrons. The van der Waals surface area contributed by atoms with E-state index in [0.717, 1.165) is 30.9 Å². The maximum Gasteiger partial charge on any atom is 0.430 e. The summed E-state index contributed by atoms with van der Waals surface area (Å²) in [5.41, 5.74) is -4.49. The van der Waals surface area contributed by atoms with Crippen LogP contribution in [0.5, 0.6) is 5.75 Å². The number of urea groups is 2. The van der Waals surface area contributed by atoms with Crippen LogP contribution in [-0.4, -0.2) is 69.9 Å². The molecule has 10 nitrogen and oxygen atoms in total. The summed E-state index contributed by atoms with van der Waals surface area (Å²) in [4.78, 5) is 49.5. The number of alkyl halides is 6. The number of aliphatic carboxylic acids is 1. The number of rotatable bonds is 9. The van der Waals surface area contributed by atoms with E-state index in [2.05, 4.69) is 10.6 Å². The molecule has 3 N–H and O–H groups in total. The fraction of sp³-hybridized carbons (Fsp3) is 0.407. The number of imide groups is 1. The first-order chi connectivity index (χ1) is 20.0. The first kappa shape index (κ1) is 31.4. The normalized spacial score (nSPS) is 17.6. The molecule has 1 saturated heterocycles. The minimum Gasteiger partial charge on any atom is -0.495 e. The number of carboxylic acids is 1. The molecule has 2 fully saturated rings. The van der Waals surface area contributed by atoms with Gasteiger partial charge in [0.1, 0.15) is 11.8 Å². The average Bonchev–Trinajstić information content (AvgIpc) is 3.69. The highest BCUT2D eigenvalue weighted by atomic mass is 19.4. The summed E-state index contributed by atoms with van der Waals surface area (Å²) in [5, 5.41) is 14.6. The number of aryl methyl sites for hydroxylation is 1. The summed E-state index contributed by atoms with van der Waals surface area (Å²) in [6.07, 6.45) is -12.3. The minimum absolute atomic E-state index is 0.0175. The molecule has 0 bridgehead atoms. The third-order valence-corrected chi connectivity index (χ3v) is 7.29. The Balaban J connectivity index is 1.69. The van der Waals surface area contributed by atoms with Crippen LogP contribution in [0, 0.1) is 12.8 Å². The first-order valence-electron chi connectivity index (χ1n) is 12.8. The van der Waals surface area contributed by atoms with Gasteiger partial charge < -0.3 is 20.5 Å². The number of nitrogens with one attached hydrogen (secondary N) is 2. The number of carbonyl (C=O) groups excluding carboxylic acids is 3. The number of carboxylic acid groups (broad SMARTS) is 1. The quantitative estimate of drug-likeness (QED) is 0.251. The fourth-order valence-electron chi connectivity index (χ4n) is 4.92. The lowest BCUT2D eigenvalue weighted by atomic mass is 9.94. The van der Waals surface area contributed by atoms with Gasteiger partial charge in [0.2, 0.25) is 0 Å². The van der Waals surface area contributed by atoms with E-state index >= 15 is 0 Å². The maximum atomic E-state index is 14.4. The molecule has 4 rings (SSSR count). The molecule has 1 aliphatic heterocycles. The van der Waals surface area contributed by atoms with Crippen LogP contribution in [0.2, 0.25) is 0 Å². The van der Waals surface area contributed by atoms with Gasteiger partial charge in [0.25, 0.3) is 5.91 Å². The van der Waals surface area contributed by atoms with Crippen LogP contribution >= 0.6 is 0 Å². The molecule has 1 unspecified atom stereocenters. The van der Waals surface area contributed by atoms with E-state index in [-0.39, 0.29) is 22.9 Å². The van der Waals surface area contributed by atoms with Crippen molar-refractivity contribution in [3.8, 4) is 5.75 Å². The van der Waals surface area contributed by atoms with Gasteiger partial charge in [-0.15, -0.1) is 0 Å². The highest BCUT2D eigenvalue weighted by molar-refractivity contribution is 6.10. The summed E-state index contributed by atoms with van der Waals surface area (Å²) < 4.78 is 91.4. The van der Waals surface area contributed by atoms with Gasteiger partial charge in [-0.1, -0.05) is 37.1 Å². The van der Waals surface area contributed by atoms with E-state index in [1.54, 1.807) is 31.2 Å². The van der Waals surface area contributed by atoms with Gasteiger partial charge >= 0.3 is 35.9 Å². The zero-order valence-electron chi connectivity index (χ0n) is 22.7. The average molecular weight is 617 g/mol. The van der Waals surface area contributed by atoms with Gasteiger partial charge in [-0.3, -0.25) is 9.69 Å². The zero-order chi connectivity index (χ0) is 31.9. The molecule has 1 atom stereocenters. The Morgan fingerprint density at radius 2 is 1.63 bits per heavy atom. The van der Waals surface area contributed by atoms with Crippen molar-refractivity contribution in [2.75, 3.05) is 17.7 Å². The second-order valence-corrected chi connectivity index (χ2v) is 10.2. The van der Waals surface area contributed by atoms with Gasteiger partial charge in [-0.2, -0.15) is 26.3 Å². The number of carbonyl (C=O) groups is 4. The fourth-order valence-corrected chi connectivity index (χ4v) is 4.92. The number of halogens is 6. The number of anilines is 2. The molecule has 232 valence electrons. The number of para-hydroxylation sites is 1. The van der Waals surface area contributed by atoms with E-state index in [9.17, 15) is 50.6 Å². The third kappa shape index (κ3) is 5.77. The standard InChI is InChI=1S/C27H26F6N4O6/c1-14-5-3-4-6-17(14)34-23(41)35-18-10-9-16(12-20(18)43-2)13-36-24(42)37(19(21(38)39)11-15-7-8-15)22(40)25(36,26(28,29)30)27(31,32)33/h3-6,9-10,12,15,19H,7-8,11,13H2,1-2H3,(H,38,39)(H2,34,35,41). The third-order valence-electron chi connectivity index (χ3n) is 7.29. The molecular weight excluding hydrogens is 590 g/mol. The van der Waals surface area contributed by atoms with Crippen LogP contribution in [0.25, 0.3) is 0 Å². The number of methoxy groups -OCH3 is 1. The molecule has 2 aromatic carbocycles. The van der Waals surface area contributed by atoms with E-state index in [1.807, 2.05) is 0 Å². The second-order valence-electron chi connectivity index (χ2n) is 10.2. The number of ether oxygens (including phenoxy) is 1. The highest BCUT2D eigenvalue weighted by Crippen LogP contribution is 2.53. The summed E-state index contributed by atoms with van der Waals surface area (Å²) in [6, 6.07) is 4.92. The Labute approximate surface area is 240 Å².